The summed E-state index contributed by atoms with van der Waals surface area (Å²) in [5.41, 5.74) is 0. The van der Waals surface area contributed by atoms with Crippen LogP contribution in [0, 0.1) is 0 Å². The number of allylic oxidation sites excluding steroid dienone is 15. The van der Waals surface area contributed by atoms with Crippen LogP contribution in [0.25, 0.3) is 0 Å². The van der Waals surface area contributed by atoms with Crippen LogP contribution in [0.1, 0.15) is 194 Å². The molecule has 0 aliphatic heterocycles. The van der Waals surface area contributed by atoms with Crippen molar-refractivity contribution >= 4 is 17.9 Å². The largest absolute Gasteiger partial charge is 0.462 e. The van der Waals surface area contributed by atoms with E-state index in [0.29, 0.717) is 12.8 Å². The average molecular weight is 805 g/mol. The zero-order valence-electron chi connectivity index (χ0n) is 37.3. The molecule has 0 aromatic rings. The van der Waals surface area contributed by atoms with E-state index in [-0.39, 0.29) is 32.0 Å². The van der Waals surface area contributed by atoms with Gasteiger partial charge in [0.05, 0.1) is 6.42 Å². The molecule has 58 heavy (non-hydrogen) atoms. The Balaban J connectivity index is 4.52. The fourth-order valence-electron chi connectivity index (χ4n) is 5.91. The molecule has 0 aliphatic rings. The Kier molecular flexibility index (Phi) is 43.1. The maximum Gasteiger partial charge on any atom is 0.309 e. The van der Waals surface area contributed by atoms with Gasteiger partial charge in [-0.05, 0) is 77.0 Å². The van der Waals surface area contributed by atoms with Gasteiger partial charge >= 0.3 is 17.9 Å². The summed E-state index contributed by atoms with van der Waals surface area (Å²) >= 11 is 0. The molecular formula is C52H84O6. The predicted molar refractivity (Wildman–Crippen MR) is 247 cm³/mol. The van der Waals surface area contributed by atoms with Gasteiger partial charge in [0.2, 0.25) is 0 Å². The quantitative estimate of drug-likeness (QED) is 0.0202. The van der Waals surface area contributed by atoms with Gasteiger partial charge < -0.3 is 14.2 Å². The summed E-state index contributed by atoms with van der Waals surface area (Å²) in [5.74, 6) is -1.16. The van der Waals surface area contributed by atoms with Crippen LogP contribution in [0.15, 0.2) is 97.2 Å². The first-order valence-corrected chi connectivity index (χ1v) is 23.3. The van der Waals surface area contributed by atoms with E-state index < -0.39 is 18.0 Å². The lowest BCUT2D eigenvalue weighted by Gasteiger charge is -2.18. The first kappa shape index (κ1) is 54.3. The van der Waals surface area contributed by atoms with Crippen molar-refractivity contribution in [1.82, 2.24) is 0 Å². The van der Waals surface area contributed by atoms with Gasteiger partial charge in [-0.15, -0.1) is 0 Å². The zero-order chi connectivity index (χ0) is 42.3. The number of unbranched alkanes of at least 4 members (excludes halogenated alkanes) is 16. The summed E-state index contributed by atoms with van der Waals surface area (Å²) in [4.78, 5) is 37.6. The highest BCUT2D eigenvalue weighted by Crippen LogP contribution is 2.11. The van der Waals surface area contributed by atoms with Gasteiger partial charge in [-0.1, -0.05) is 195 Å². The molecule has 6 nitrogen and oxygen atoms in total. The molecule has 0 aromatic heterocycles. The highest BCUT2D eigenvalue weighted by atomic mass is 16.6. The van der Waals surface area contributed by atoms with Crippen LogP contribution in [0.3, 0.4) is 0 Å². The SMILES string of the molecule is CC/C=C\C/C=C\C/C=C\CC(=O)OCC(COC(=O)CCCCCCC\C=C/C=C\C=C/CCCCCCC)OC(=O)CC/C=C\C/C=C\CCCCCCCC. The minimum Gasteiger partial charge on any atom is -0.462 e. The van der Waals surface area contributed by atoms with E-state index in [1.807, 2.05) is 12.2 Å². The third kappa shape index (κ3) is 43.5. The Morgan fingerprint density at radius 2 is 0.845 bits per heavy atom. The van der Waals surface area contributed by atoms with E-state index in [2.05, 4.69) is 99.8 Å². The first-order valence-electron chi connectivity index (χ1n) is 23.3. The number of hydrogen-bond acceptors (Lipinski definition) is 6. The first-order chi connectivity index (χ1) is 28.5. The summed E-state index contributed by atoms with van der Waals surface area (Å²) < 4.78 is 16.5. The average Bonchev–Trinajstić information content (AvgIpc) is 3.22. The molecule has 0 saturated heterocycles. The van der Waals surface area contributed by atoms with Gasteiger partial charge in [0, 0.05) is 12.8 Å². The van der Waals surface area contributed by atoms with Crippen LogP contribution < -0.4 is 0 Å². The molecule has 328 valence electrons. The van der Waals surface area contributed by atoms with E-state index in [0.717, 1.165) is 77.0 Å². The Morgan fingerprint density at radius 3 is 1.41 bits per heavy atom. The Bertz CT molecular complexity index is 1200. The highest BCUT2D eigenvalue weighted by Gasteiger charge is 2.19. The van der Waals surface area contributed by atoms with E-state index in [9.17, 15) is 14.4 Å². The van der Waals surface area contributed by atoms with Crippen LogP contribution >= 0.6 is 0 Å². The molecule has 0 N–H and O–H groups in total. The lowest BCUT2D eigenvalue weighted by Crippen LogP contribution is -2.30. The van der Waals surface area contributed by atoms with Crippen LogP contribution in [-0.4, -0.2) is 37.2 Å². The van der Waals surface area contributed by atoms with Crippen LogP contribution in [0.2, 0.25) is 0 Å². The van der Waals surface area contributed by atoms with Gasteiger partial charge in [-0.2, -0.15) is 0 Å². The predicted octanol–water partition coefficient (Wildman–Crippen LogP) is 15.0. The molecule has 0 aromatic carbocycles. The van der Waals surface area contributed by atoms with Crippen LogP contribution in [0.4, 0.5) is 0 Å². The Labute approximate surface area is 356 Å². The number of carbonyl (C=O) groups is 3. The molecule has 0 spiro atoms. The molecule has 0 heterocycles. The molecule has 0 aliphatic carbocycles. The van der Waals surface area contributed by atoms with Crippen molar-refractivity contribution < 1.29 is 28.6 Å². The lowest BCUT2D eigenvalue weighted by molar-refractivity contribution is -0.166. The van der Waals surface area contributed by atoms with Gasteiger partial charge in [0.25, 0.3) is 0 Å². The standard InChI is InChI=1S/C52H84O6/c1-4-7-10-13-16-19-21-23-24-25-26-27-29-30-33-36-39-42-45-51(54)57-48-49(47-56-50(53)44-41-38-35-32-18-15-12-9-6-3)58-52(55)46-43-40-37-34-31-28-22-20-17-14-11-8-5-2/h9,12,18,21,23-28,31-32,37-38,40-41,49H,4-8,10-11,13-17,19-20,22,29-30,33-36,39,42-48H2,1-3H3/b12-9-,23-21-,25-24-,27-26-,31-28-,32-18-,40-37-,41-38-. The summed E-state index contributed by atoms with van der Waals surface area (Å²) in [6.45, 7) is 6.30. The summed E-state index contributed by atoms with van der Waals surface area (Å²) in [7, 11) is 0. The maximum absolute atomic E-state index is 12.7. The van der Waals surface area contributed by atoms with Crippen LogP contribution in [-0.2, 0) is 28.6 Å². The molecule has 0 rings (SSSR count). The molecule has 1 atom stereocenters. The second-order valence-electron chi connectivity index (χ2n) is 15.0. The van der Waals surface area contributed by atoms with Crippen molar-refractivity contribution in [3.05, 3.63) is 97.2 Å². The van der Waals surface area contributed by atoms with Gasteiger partial charge in [0.1, 0.15) is 13.2 Å². The number of esters is 3. The number of ether oxygens (including phenoxy) is 3. The minimum absolute atomic E-state index is 0.118. The normalized spacial score (nSPS) is 12.9. The van der Waals surface area contributed by atoms with Gasteiger partial charge in [0.15, 0.2) is 6.10 Å². The molecule has 0 fully saturated rings. The minimum atomic E-state index is -0.850. The number of rotatable bonds is 40. The third-order valence-electron chi connectivity index (χ3n) is 9.40. The topological polar surface area (TPSA) is 78.9 Å². The summed E-state index contributed by atoms with van der Waals surface area (Å²) in [6.07, 6.45) is 60.1. The maximum atomic E-state index is 12.7. The van der Waals surface area contributed by atoms with E-state index in [1.165, 1.54) is 70.6 Å². The molecule has 0 radical (unpaired) electrons. The van der Waals surface area contributed by atoms with Crippen molar-refractivity contribution in [2.45, 2.75) is 200 Å². The molecule has 0 saturated carbocycles. The highest BCUT2D eigenvalue weighted by molar-refractivity contribution is 5.72. The second-order valence-corrected chi connectivity index (χ2v) is 15.0. The van der Waals surface area contributed by atoms with Crippen LogP contribution in [0.5, 0.6) is 0 Å². The third-order valence-corrected chi connectivity index (χ3v) is 9.40. The molecule has 6 heteroatoms. The van der Waals surface area contributed by atoms with E-state index in [1.54, 1.807) is 6.08 Å². The van der Waals surface area contributed by atoms with Crippen molar-refractivity contribution in [3.8, 4) is 0 Å². The number of hydrogen-bond donors (Lipinski definition) is 0. The summed E-state index contributed by atoms with van der Waals surface area (Å²) in [5, 5.41) is 0. The van der Waals surface area contributed by atoms with Crippen molar-refractivity contribution in [1.29, 1.82) is 0 Å². The zero-order valence-corrected chi connectivity index (χ0v) is 37.3. The fraction of sp³-hybridized carbons (Fsp3) is 0.635. The van der Waals surface area contributed by atoms with E-state index in [4.69, 9.17) is 14.2 Å². The van der Waals surface area contributed by atoms with Crippen molar-refractivity contribution in [2.24, 2.45) is 0 Å². The molecule has 0 bridgehead atoms. The summed E-state index contributed by atoms with van der Waals surface area (Å²) in [6, 6.07) is 0. The lowest BCUT2D eigenvalue weighted by atomic mass is 10.1. The fourth-order valence-corrected chi connectivity index (χ4v) is 5.91. The molecule has 1 unspecified atom stereocenters. The second kappa shape index (κ2) is 46.0. The Morgan fingerprint density at radius 1 is 0.397 bits per heavy atom. The number of carbonyl (C=O) groups excluding carboxylic acids is 3. The van der Waals surface area contributed by atoms with Crippen molar-refractivity contribution in [2.75, 3.05) is 13.2 Å². The van der Waals surface area contributed by atoms with Gasteiger partial charge in [-0.3, -0.25) is 14.4 Å². The molecular weight excluding hydrogens is 721 g/mol. The van der Waals surface area contributed by atoms with E-state index >= 15 is 0 Å². The Hall–Kier alpha value is -3.67. The monoisotopic (exact) mass is 805 g/mol. The van der Waals surface area contributed by atoms with Gasteiger partial charge in [-0.25, -0.2) is 0 Å². The smallest absolute Gasteiger partial charge is 0.309 e. The van der Waals surface area contributed by atoms with Crippen molar-refractivity contribution in [3.63, 3.8) is 0 Å². The molecule has 0 amide bonds.